The molecule has 2 heterocycles. The van der Waals surface area contributed by atoms with Gasteiger partial charge < -0.3 is 19.9 Å². The van der Waals surface area contributed by atoms with Crippen molar-refractivity contribution in [2.75, 3.05) is 19.0 Å². The van der Waals surface area contributed by atoms with Gasteiger partial charge in [0, 0.05) is 23.1 Å². The van der Waals surface area contributed by atoms with Gasteiger partial charge in [0.25, 0.3) is 0 Å². The smallest absolute Gasteiger partial charge is 0.322 e. The number of aromatic amines is 1. The second-order valence-corrected chi connectivity index (χ2v) is 7.59. The number of H-pyrrole nitrogens is 1. The molecule has 31 heavy (non-hydrogen) atoms. The number of carbonyl (C=O) groups excluding carboxylic acids is 1. The molecule has 1 aliphatic heterocycles. The number of fused-ring (bicyclic) bond motifs is 3. The van der Waals surface area contributed by atoms with E-state index >= 15 is 0 Å². The molecule has 0 fully saturated rings. The zero-order chi connectivity index (χ0) is 21.4. The van der Waals surface area contributed by atoms with Crippen molar-refractivity contribution < 1.29 is 13.9 Å². The molecule has 0 bridgehead atoms. The van der Waals surface area contributed by atoms with Crippen molar-refractivity contribution >= 4 is 22.6 Å². The summed E-state index contributed by atoms with van der Waals surface area (Å²) in [5.41, 5.74) is 4.37. The number of hydrogen-bond acceptors (Lipinski definition) is 2. The van der Waals surface area contributed by atoms with E-state index in [-0.39, 0.29) is 17.8 Å². The van der Waals surface area contributed by atoms with E-state index in [0.717, 1.165) is 28.9 Å². The molecule has 1 atom stereocenters. The number of nitrogens with zero attached hydrogens (tertiary/aromatic N) is 1. The minimum absolute atomic E-state index is 0.170. The summed E-state index contributed by atoms with van der Waals surface area (Å²) >= 11 is 0. The van der Waals surface area contributed by atoms with E-state index in [1.807, 2.05) is 42.5 Å². The van der Waals surface area contributed by atoms with E-state index in [1.165, 1.54) is 17.0 Å². The van der Waals surface area contributed by atoms with Crippen molar-refractivity contribution in [3.63, 3.8) is 0 Å². The Bertz CT molecular complexity index is 1250. The SMILES string of the molecule is COc1ccc(C2c3[nH]c4ccccc4c3CCN2C(=O)Nc2ccccc2F)cc1. The largest absolute Gasteiger partial charge is 0.497 e. The summed E-state index contributed by atoms with van der Waals surface area (Å²) in [6.45, 7) is 0.520. The van der Waals surface area contributed by atoms with E-state index in [4.69, 9.17) is 4.74 Å². The minimum atomic E-state index is -0.458. The second kappa shape index (κ2) is 7.80. The number of rotatable bonds is 3. The van der Waals surface area contributed by atoms with Gasteiger partial charge in [-0.3, -0.25) is 0 Å². The van der Waals surface area contributed by atoms with Gasteiger partial charge in [0.1, 0.15) is 11.6 Å². The van der Waals surface area contributed by atoms with Crippen LogP contribution in [0.1, 0.15) is 22.9 Å². The van der Waals surface area contributed by atoms with Crippen molar-refractivity contribution in [3.8, 4) is 5.75 Å². The number of methoxy groups -OCH3 is 1. The Morgan fingerprint density at radius 2 is 1.81 bits per heavy atom. The van der Waals surface area contributed by atoms with Gasteiger partial charge in [0.05, 0.1) is 18.8 Å². The maximum Gasteiger partial charge on any atom is 0.322 e. The molecule has 0 saturated heterocycles. The number of anilines is 1. The van der Waals surface area contributed by atoms with Gasteiger partial charge in [-0.1, -0.05) is 42.5 Å². The predicted octanol–water partition coefficient (Wildman–Crippen LogP) is 5.50. The molecule has 1 aliphatic rings. The summed E-state index contributed by atoms with van der Waals surface area (Å²) in [4.78, 5) is 18.5. The molecular formula is C25H22FN3O2. The zero-order valence-corrected chi connectivity index (χ0v) is 17.1. The number of aromatic nitrogens is 1. The maximum atomic E-state index is 14.1. The average Bonchev–Trinajstić information content (AvgIpc) is 3.19. The number of amides is 2. The normalized spacial score (nSPS) is 15.5. The molecule has 5 nitrogen and oxygen atoms in total. The first-order valence-electron chi connectivity index (χ1n) is 10.2. The maximum absolute atomic E-state index is 14.1. The first kappa shape index (κ1) is 19.2. The average molecular weight is 415 g/mol. The van der Waals surface area contributed by atoms with E-state index in [2.05, 4.69) is 16.4 Å². The van der Waals surface area contributed by atoms with Crippen LogP contribution in [0.3, 0.4) is 0 Å². The molecule has 156 valence electrons. The quantitative estimate of drug-likeness (QED) is 0.465. The Hall–Kier alpha value is -3.80. The highest BCUT2D eigenvalue weighted by Crippen LogP contribution is 2.39. The Kier molecular flexibility index (Phi) is 4.82. The molecule has 1 aromatic heterocycles. The highest BCUT2D eigenvalue weighted by Gasteiger charge is 2.34. The van der Waals surface area contributed by atoms with Gasteiger partial charge in [-0.25, -0.2) is 9.18 Å². The van der Waals surface area contributed by atoms with Gasteiger partial charge in [-0.2, -0.15) is 0 Å². The highest BCUT2D eigenvalue weighted by molar-refractivity contribution is 5.91. The van der Waals surface area contributed by atoms with E-state index < -0.39 is 5.82 Å². The lowest BCUT2D eigenvalue weighted by Crippen LogP contribution is -2.43. The summed E-state index contributed by atoms with van der Waals surface area (Å²) in [6.07, 6.45) is 0.719. The Labute approximate surface area is 179 Å². The lowest BCUT2D eigenvalue weighted by atomic mass is 9.92. The first-order valence-corrected chi connectivity index (χ1v) is 10.2. The Balaban J connectivity index is 1.58. The Morgan fingerprint density at radius 1 is 1.06 bits per heavy atom. The Morgan fingerprint density at radius 3 is 2.58 bits per heavy atom. The molecule has 0 spiro atoms. The first-order chi connectivity index (χ1) is 15.2. The molecule has 5 rings (SSSR count). The zero-order valence-electron chi connectivity index (χ0n) is 17.1. The number of para-hydroxylation sites is 2. The van der Waals surface area contributed by atoms with Crippen LogP contribution in [0.2, 0.25) is 0 Å². The van der Waals surface area contributed by atoms with Gasteiger partial charge in [0.15, 0.2) is 0 Å². The molecule has 0 saturated carbocycles. The standard InChI is InChI=1S/C25H22FN3O2/c1-31-17-12-10-16(11-13-17)24-23-19(18-6-2-4-8-21(18)27-23)14-15-29(24)25(30)28-22-9-5-3-7-20(22)26/h2-13,24,27H,14-15H2,1H3,(H,28,30). The number of hydrogen-bond donors (Lipinski definition) is 2. The molecule has 4 aromatic rings. The van der Waals surface area contributed by atoms with Gasteiger partial charge in [-0.05, 0) is 47.9 Å². The van der Waals surface area contributed by atoms with Crippen molar-refractivity contribution in [1.29, 1.82) is 0 Å². The van der Waals surface area contributed by atoms with Gasteiger partial charge in [-0.15, -0.1) is 0 Å². The molecule has 0 aliphatic carbocycles. The van der Waals surface area contributed by atoms with Crippen molar-refractivity contribution in [2.45, 2.75) is 12.5 Å². The lowest BCUT2D eigenvalue weighted by molar-refractivity contribution is 0.193. The summed E-state index contributed by atoms with van der Waals surface area (Å²) in [5.74, 6) is 0.291. The third-order valence-electron chi connectivity index (χ3n) is 5.84. The minimum Gasteiger partial charge on any atom is -0.497 e. The number of carbonyl (C=O) groups is 1. The number of halogens is 1. The van der Waals surface area contributed by atoms with Crippen LogP contribution in [-0.2, 0) is 6.42 Å². The van der Waals surface area contributed by atoms with Crippen LogP contribution in [0.25, 0.3) is 10.9 Å². The van der Waals surface area contributed by atoms with Crippen LogP contribution in [0.5, 0.6) is 5.75 Å². The monoisotopic (exact) mass is 415 g/mol. The second-order valence-electron chi connectivity index (χ2n) is 7.59. The summed E-state index contributed by atoms with van der Waals surface area (Å²) < 4.78 is 19.4. The third-order valence-corrected chi connectivity index (χ3v) is 5.84. The van der Waals surface area contributed by atoms with E-state index in [0.29, 0.717) is 6.54 Å². The van der Waals surface area contributed by atoms with Gasteiger partial charge >= 0.3 is 6.03 Å². The molecule has 1 unspecified atom stereocenters. The van der Waals surface area contributed by atoms with Crippen molar-refractivity contribution in [3.05, 3.63) is 95.4 Å². The molecule has 0 radical (unpaired) electrons. The summed E-state index contributed by atoms with van der Waals surface area (Å²) in [7, 11) is 1.62. The van der Waals surface area contributed by atoms with E-state index in [9.17, 15) is 9.18 Å². The summed E-state index contributed by atoms with van der Waals surface area (Å²) in [5, 5.41) is 3.91. The molecule has 3 aromatic carbocycles. The molecule has 2 amide bonds. The topological polar surface area (TPSA) is 57.4 Å². The fourth-order valence-electron chi connectivity index (χ4n) is 4.34. The molecule has 2 N–H and O–H groups in total. The van der Waals surface area contributed by atoms with Crippen LogP contribution in [0.15, 0.2) is 72.8 Å². The summed E-state index contributed by atoms with van der Waals surface area (Å²) in [6, 6.07) is 21.4. The van der Waals surface area contributed by atoms with Crippen LogP contribution in [0.4, 0.5) is 14.9 Å². The van der Waals surface area contributed by atoms with E-state index in [1.54, 1.807) is 30.2 Å². The van der Waals surface area contributed by atoms with Crippen LogP contribution < -0.4 is 10.1 Å². The fourth-order valence-corrected chi connectivity index (χ4v) is 4.34. The van der Waals surface area contributed by atoms with Crippen LogP contribution >= 0.6 is 0 Å². The molecule has 6 heteroatoms. The third kappa shape index (κ3) is 3.40. The van der Waals surface area contributed by atoms with Crippen molar-refractivity contribution in [1.82, 2.24) is 9.88 Å². The lowest BCUT2D eigenvalue weighted by Gasteiger charge is -2.36. The number of ether oxygens (including phenoxy) is 1. The predicted molar refractivity (Wildman–Crippen MR) is 119 cm³/mol. The fraction of sp³-hybridized carbons (Fsp3) is 0.160. The highest BCUT2D eigenvalue weighted by atomic mass is 19.1. The number of nitrogens with one attached hydrogen (secondary N) is 2. The van der Waals surface area contributed by atoms with Gasteiger partial charge in [0.2, 0.25) is 0 Å². The number of benzene rings is 3. The van der Waals surface area contributed by atoms with Crippen molar-refractivity contribution in [2.24, 2.45) is 0 Å². The number of urea groups is 1. The molecular weight excluding hydrogens is 393 g/mol. The van der Waals surface area contributed by atoms with Crippen LogP contribution in [0, 0.1) is 5.82 Å². The van der Waals surface area contributed by atoms with Crippen LogP contribution in [-0.4, -0.2) is 29.6 Å².